The second-order valence-corrected chi connectivity index (χ2v) is 8.03. The van der Waals surface area contributed by atoms with Gasteiger partial charge < -0.3 is 9.84 Å². The fourth-order valence-electron chi connectivity index (χ4n) is 3.47. The molecule has 0 aromatic carbocycles. The summed E-state index contributed by atoms with van der Waals surface area (Å²) in [6, 6.07) is 0. The molecule has 0 radical (unpaired) electrons. The summed E-state index contributed by atoms with van der Waals surface area (Å²) in [6.07, 6.45) is 20.0. The van der Waals surface area contributed by atoms with E-state index in [2.05, 4.69) is 11.7 Å². The zero-order chi connectivity index (χ0) is 22.2. The van der Waals surface area contributed by atoms with Crippen LogP contribution in [-0.4, -0.2) is 35.4 Å². The van der Waals surface area contributed by atoms with Crippen LogP contribution in [0.1, 0.15) is 78.1 Å². The first-order valence-electron chi connectivity index (χ1n) is 11.3. The van der Waals surface area contributed by atoms with Crippen molar-refractivity contribution in [2.24, 2.45) is 11.8 Å². The summed E-state index contributed by atoms with van der Waals surface area (Å²) in [5, 5.41) is 10.1. The van der Waals surface area contributed by atoms with Crippen LogP contribution in [0.25, 0.3) is 0 Å². The fourth-order valence-corrected chi connectivity index (χ4v) is 3.47. The molecule has 1 unspecified atom stereocenters. The molecule has 30 heavy (non-hydrogen) atoms. The molecule has 0 saturated carbocycles. The third kappa shape index (κ3) is 11.9. The van der Waals surface area contributed by atoms with Gasteiger partial charge in [-0.15, -0.1) is 0 Å². The summed E-state index contributed by atoms with van der Waals surface area (Å²) in [6.45, 7) is 3.31. The number of hydrogen-bond donors (Lipinski definition) is 1. The third-order valence-corrected chi connectivity index (χ3v) is 5.29. The molecule has 5 nitrogen and oxygen atoms in total. The average molecular weight is 419 g/mol. The monoisotopic (exact) mass is 418 g/mol. The molecule has 0 aromatic heterocycles. The van der Waals surface area contributed by atoms with Crippen molar-refractivity contribution in [3.8, 4) is 0 Å². The molecule has 0 saturated heterocycles. The van der Waals surface area contributed by atoms with Crippen molar-refractivity contribution in [1.29, 1.82) is 0 Å². The molecule has 0 bridgehead atoms. The summed E-state index contributed by atoms with van der Waals surface area (Å²) >= 11 is 0. The van der Waals surface area contributed by atoms with Crippen LogP contribution in [0.15, 0.2) is 36.5 Å². The molecule has 168 valence electrons. The van der Waals surface area contributed by atoms with Crippen LogP contribution in [0.3, 0.4) is 0 Å². The van der Waals surface area contributed by atoms with Crippen molar-refractivity contribution in [1.82, 2.24) is 0 Å². The lowest BCUT2D eigenvalue weighted by molar-refractivity contribution is -0.145. The van der Waals surface area contributed by atoms with Crippen LogP contribution in [-0.2, 0) is 19.1 Å². The van der Waals surface area contributed by atoms with Gasteiger partial charge in [0, 0.05) is 25.2 Å². The molecule has 5 heteroatoms. The molecule has 1 aliphatic carbocycles. The summed E-state index contributed by atoms with van der Waals surface area (Å²) in [4.78, 5) is 34.3. The van der Waals surface area contributed by atoms with E-state index in [-0.39, 0.29) is 36.1 Å². The van der Waals surface area contributed by atoms with Crippen molar-refractivity contribution in [2.75, 3.05) is 6.61 Å². The van der Waals surface area contributed by atoms with Gasteiger partial charge in [-0.05, 0) is 38.2 Å². The number of carbonyl (C=O) groups is 3. The Bertz CT molecular complexity index is 617. The Kier molecular flexibility index (Phi) is 13.7. The number of carbonyl (C=O) groups excluding carboxylic acids is 3. The van der Waals surface area contributed by atoms with E-state index < -0.39 is 5.97 Å². The average Bonchev–Trinajstić information content (AvgIpc) is 3.06. The maximum absolute atomic E-state index is 12.1. The molecule has 0 fully saturated rings. The lowest BCUT2D eigenvalue weighted by Crippen LogP contribution is -2.13. The molecule has 1 rings (SSSR count). The molecule has 0 amide bonds. The SMILES string of the molecule is CCCCCCC(O)CC=C[C@H]1C=CC(=O)[C@@H]1CC=CCCCC(=O)COC(C)=O. The molecular formula is C25H38O5. The smallest absolute Gasteiger partial charge is 0.303 e. The number of ether oxygens (including phenoxy) is 1. The standard InChI is InChI=1S/C25H38O5/c1-3-4-5-8-13-22(27)15-11-12-21-17-18-25(29)24(21)16-10-7-6-9-14-23(28)19-30-20(2)26/h7,10-12,17-18,21-22,24,27H,3-6,8-9,13-16,19H2,1-2H3/t21-,22?,24+/m0/s1. The predicted octanol–water partition coefficient (Wildman–Crippen LogP) is 4.88. The molecule has 0 aromatic rings. The number of allylic oxidation sites excluding steroid dienone is 5. The van der Waals surface area contributed by atoms with Crippen LogP contribution >= 0.6 is 0 Å². The minimum absolute atomic E-state index is 0.0773. The van der Waals surface area contributed by atoms with Crippen molar-refractivity contribution in [2.45, 2.75) is 84.2 Å². The summed E-state index contributed by atoms with van der Waals surface area (Å²) in [5.41, 5.74) is 0. The van der Waals surface area contributed by atoms with Crippen molar-refractivity contribution in [3.63, 3.8) is 0 Å². The zero-order valence-corrected chi connectivity index (χ0v) is 18.6. The Hall–Kier alpha value is -2.01. The molecule has 1 aliphatic rings. The maximum Gasteiger partial charge on any atom is 0.303 e. The van der Waals surface area contributed by atoms with Gasteiger partial charge in [-0.2, -0.15) is 0 Å². The zero-order valence-electron chi connectivity index (χ0n) is 18.6. The van der Waals surface area contributed by atoms with E-state index in [0.717, 1.165) is 19.3 Å². The topological polar surface area (TPSA) is 80.7 Å². The Balaban J connectivity index is 2.27. The molecule has 0 heterocycles. The van der Waals surface area contributed by atoms with Crippen molar-refractivity contribution in [3.05, 3.63) is 36.5 Å². The number of aliphatic hydroxyl groups is 1. The van der Waals surface area contributed by atoms with Gasteiger partial charge in [-0.1, -0.05) is 63.0 Å². The van der Waals surface area contributed by atoms with E-state index in [1.807, 2.05) is 30.4 Å². The van der Waals surface area contributed by atoms with Gasteiger partial charge >= 0.3 is 5.97 Å². The summed E-state index contributed by atoms with van der Waals surface area (Å²) in [5.74, 6) is -0.370. The Morgan fingerprint density at radius 1 is 1.17 bits per heavy atom. The maximum atomic E-state index is 12.1. The third-order valence-electron chi connectivity index (χ3n) is 5.29. The van der Waals surface area contributed by atoms with E-state index in [4.69, 9.17) is 0 Å². The van der Waals surface area contributed by atoms with E-state index >= 15 is 0 Å². The van der Waals surface area contributed by atoms with Crippen LogP contribution in [0, 0.1) is 11.8 Å². The minimum atomic E-state index is -0.442. The van der Waals surface area contributed by atoms with Gasteiger partial charge in [0.05, 0.1) is 6.10 Å². The number of esters is 1. The van der Waals surface area contributed by atoms with Gasteiger partial charge in [-0.3, -0.25) is 14.4 Å². The van der Waals surface area contributed by atoms with Crippen molar-refractivity contribution < 1.29 is 24.2 Å². The van der Waals surface area contributed by atoms with E-state index in [0.29, 0.717) is 25.7 Å². The Morgan fingerprint density at radius 3 is 2.70 bits per heavy atom. The minimum Gasteiger partial charge on any atom is -0.458 e. The highest BCUT2D eigenvalue weighted by Crippen LogP contribution is 2.27. The van der Waals surface area contributed by atoms with Gasteiger partial charge in [0.1, 0.15) is 6.61 Å². The predicted molar refractivity (Wildman–Crippen MR) is 119 cm³/mol. The number of Topliss-reactive ketones (excluding diaryl/α,β-unsaturated/α-hetero) is 1. The number of unbranched alkanes of at least 4 members (excludes halogenated alkanes) is 4. The van der Waals surface area contributed by atoms with Crippen molar-refractivity contribution >= 4 is 17.5 Å². The Morgan fingerprint density at radius 2 is 1.97 bits per heavy atom. The molecule has 1 N–H and O–H groups in total. The number of rotatable bonds is 16. The highest BCUT2D eigenvalue weighted by molar-refractivity contribution is 5.95. The first-order valence-corrected chi connectivity index (χ1v) is 11.3. The van der Waals surface area contributed by atoms with Crippen LogP contribution in [0.5, 0.6) is 0 Å². The van der Waals surface area contributed by atoms with Gasteiger partial charge in [0.2, 0.25) is 0 Å². The van der Waals surface area contributed by atoms with E-state index in [9.17, 15) is 19.5 Å². The van der Waals surface area contributed by atoms with Crippen LogP contribution < -0.4 is 0 Å². The molecule has 3 atom stereocenters. The van der Waals surface area contributed by atoms with Gasteiger partial charge in [0.25, 0.3) is 0 Å². The second kappa shape index (κ2) is 15.8. The quantitative estimate of drug-likeness (QED) is 0.219. The first kappa shape index (κ1) is 26.0. The normalized spacial score (nSPS) is 19.8. The summed E-state index contributed by atoms with van der Waals surface area (Å²) < 4.78 is 4.68. The van der Waals surface area contributed by atoms with Gasteiger partial charge in [0.15, 0.2) is 11.6 Å². The first-order chi connectivity index (χ1) is 14.4. The number of hydrogen-bond acceptors (Lipinski definition) is 5. The number of ketones is 2. The van der Waals surface area contributed by atoms with E-state index in [1.54, 1.807) is 6.08 Å². The fraction of sp³-hybridized carbons (Fsp3) is 0.640. The van der Waals surface area contributed by atoms with Crippen LogP contribution in [0.4, 0.5) is 0 Å². The second-order valence-electron chi connectivity index (χ2n) is 8.03. The van der Waals surface area contributed by atoms with E-state index in [1.165, 1.54) is 26.2 Å². The molecular weight excluding hydrogens is 380 g/mol. The molecule has 0 spiro atoms. The highest BCUT2D eigenvalue weighted by Gasteiger charge is 2.26. The van der Waals surface area contributed by atoms with Gasteiger partial charge in [-0.25, -0.2) is 0 Å². The summed E-state index contributed by atoms with van der Waals surface area (Å²) in [7, 11) is 0. The lowest BCUT2D eigenvalue weighted by Gasteiger charge is -2.13. The largest absolute Gasteiger partial charge is 0.458 e. The van der Waals surface area contributed by atoms with Crippen LogP contribution in [0.2, 0.25) is 0 Å². The lowest BCUT2D eigenvalue weighted by atomic mass is 9.90. The Labute approximate surface area is 181 Å². The number of aliphatic hydroxyl groups excluding tert-OH is 1. The highest BCUT2D eigenvalue weighted by atomic mass is 16.5. The molecule has 0 aliphatic heterocycles.